The minimum Gasteiger partial charge on any atom is -0.507 e. The lowest BCUT2D eigenvalue weighted by molar-refractivity contribution is -0.182. The summed E-state index contributed by atoms with van der Waals surface area (Å²) in [5.74, 6) is -8.06. The van der Waals surface area contributed by atoms with Crippen LogP contribution in [0.15, 0.2) is 6.07 Å². The van der Waals surface area contributed by atoms with E-state index in [9.17, 15) is 37.5 Å². The van der Waals surface area contributed by atoms with Crippen LogP contribution in [0.5, 0.6) is 5.75 Å². The molecule has 2 saturated carbocycles. The van der Waals surface area contributed by atoms with E-state index in [-0.39, 0.29) is 42.3 Å². The number of carbonyl (C=O) groups is 4. The van der Waals surface area contributed by atoms with Crippen LogP contribution in [-0.2, 0) is 38.3 Å². The van der Waals surface area contributed by atoms with Gasteiger partial charge in [-0.2, -0.15) is 13.2 Å². The molecule has 1 amide bonds. The van der Waals surface area contributed by atoms with Crippen molar-refractivity contribution in [1.29, 1.82) is 0 Å². The molecule has 4 rings (SSSR count). The molecule has 3 aliphatic rings. The summed E-state index contributed by atoms with van der Waals surface area (Å²) in [5, 5.41) is 11.0. The number of ketones is 3. The first-order valence-electron chi connectivity index (χ1n) is 14.0. The van der Waals surface area contributed by atoms with Crippen molar-refractivity contribution in [3.8, 4) is 5.75 Å². The van der Waals surface area contributed by atoms with E-state index in [1.54, 1.807) is 30.9 Å². The number of hydrogen-bond donors (Lipinski definition) is 2. The molecule has 6 unspecified atom stereocenters. The van der Waals surface area contributed by atoms with Gasteiger partial charge in [-0.15, -0.1) is 0 Å². The van der Waals surface area contributed by atoms with Crippen LogP contribution in [0.25, 0.3) is 0 Å². The first kappa shape index (κ1) is 32.1. The number of rotatable bonds is 6. The molecule has 1 aromatic rings. The largest absolute Gasteiger partial charge is 0.507 e. The zero-order chi connectivity index (χ0) is 31.7. The first-order chi connectivity index (χ1) is 19.2. The second kappa shape index (κ2) is 10.7. The number of benzene rings is 1. The molecule has 12 heteroatoms. The van der Waals surface area contributed by atoms with Gasteiger partial charge in [0, 0.05) is 32.5 Å². The van der Waals surface area contributed by atoms with Gasteiger partial charge >= 0.3 is 6.18 Å². The standard InChI is InChI=1S/C30H40F3N3O6/c1-28(2,3)13-36(6)12-15-10-19(37)21-16(22(15)30(31,32)33)8-14-9-18-23(35(4)5)24(38)17(27(34)41)11-29(18,42-7)26(40)20(14)25(21)39/h10,14,17-18,20,23,37H,8-9,11-13H2,1-7H3,(H2,34,41). The smallest absolute Gasteiger partial charge is 0.417 e. The molecule has 42 heavy (non-hydrogen) atoms. The monoisotopic (exact) mass is 595 g/mol. The summed E-state index contributed by atoms with van der Waals surface area (Å²) in [5.41, 5.74) is 1.63. The number of hydrogen-bond acceptors (Lipinski definition) is 8. The number of nitrogens with zero attached hydrogens (tertiary/aromatic N) is 2. The summed E-state index contributed by atoms with van der Waals surface area (Å²) in [6.07, 6.45) is -5.45. The Bertz CT molecular complexity index is 1320. The molecule has 9 nitrogen and oxygen atoms in total. The molecule has 0 radical (unpaired) electrons. The van der Waals surface area contributed by atoms with Crippen molar-refractivity contribution in [3.05, 3.63) is 28.3 Å². The van der Waals surface area contributed by atoms with Crippen molar-refractivity contribution in [2.45, 2.75) is 64.4 Å². The summed E-state index contributed by atoms with van der Waals surface area (Å²) < 4.78 is 49.9. The number of carbonyl (C=O) groups excluding carboxylic acids is 4. The average Bonchev–Trinajstić information content (AvgIpc) is 2.81. The van der Waals surface area contributed by atoms with E-state index < -0.39 is 81.6 Å². The Hall–Kier alpha value is -2.83. The van der Waals surface area contributed by atoms with Crippen molar-refractivity contribution in [2.75, 3.05) is 34.8 Å². The molecule has 1 aromatic carbocycles. The highest BCUT2D eigenvalue weighted by Gasteiger charge is 2.66. The fraction of sp³-hybridized carbons (Fsp3) is 0.667. The van der Waals surface area contributed by atoms with E-state index >= 15 is 0 Å². The number of amides is 1. The SMILES string of the molecule is COC12CC(C(N)=O)C(=O)C(N(C)C)C1CC1Cc3c(c(O)cc(CN(C)CC(C)(C)C)c3C(F)(F)F)C(=O)C1C2=O. The third-order valence-electron chi connectivity index (χ3n) is 9.07. The van der Waals surface area contributed by atoms with Crippen LogP contribution in [0.4, 0.5) is 13.2 Å². The molecule has 0 aromatic heterocycles. The molecule has 232 valence electrons. The highest BCUT2D eigenvalue weighted by molar-refractivity contribution is 6.17. The number of alkyl halides is 3. The van der Waals surface area contributed by atoms with Gasteiger partial charge in [0.25, 0.3) is 0 Å². The molecular weight excluding hydrogens is 555 g/mol. The van der Waals surface area contributed by atoms with Crippen LogP contribution in [0.2, 0.25) is 0 Å². The Morgan fingerprint density at radius 1 is 1.17 bits per heavy atom. The van der Waals surface area contributed by atoms with Gasteiger partial charge in [-0.3, -0.25) is 24.1 Å². The van der Waals surface area contributed by atoms with Gasteiger partial charge in [-0.05, 0) is 62.5 Å². The number of likely N-dealkylation sites (N-methyl/N-ethyl adjacent to an activating group) is 1. The van der Waals surface area contributed by atoms with E-state index in [1.165, 1.54) is 7.11 Å². The van der Waals surface area contributed by atoms with Crippen molar-refractivity contribution in [3.63, 3.8) is 0 Å². The maximum absolute atomic E-state index is 14.7. The summed E-state index contributed by atoms with van der Waals surface area (Å²) in [6.45, 7) is 6.24. The minimum absolute atomic E-state index is 0.0295. The number of phenolic OH excluding ortho intramolecular Hbond substituents is 1. The molecular formula is C30H40F3N3O6. The molecule has 0 spiro atoms. The number of Topliss-reactive ketones (excluding diaryl/α,β-unsaturated/α-hetero) is 3. The Morgan fingerprint density at radius 2 is 1.79 bits per heavy atom. The Balaban J connectivity index is 1.86. The lowest BCUT2D eigenvalue weighted by Gasteiger charge is -2.55. The lowest BCUT2D eigenvalue weighted by atomic mass is 9.52. The highest BCUT2D eigenvalue weighted by atomic mass is 19.4. The number of methoxy groups -OCH3 is 1. The van der Waals surface area contributed by atoms with Crippen LogP contribution >= 0.6 is 0 Å². The molecule has 3 aliphatic carbocycles. The van der Waals surface area contributed by atoms with Crippen LogP contribution < -0.4 is 5.73 Å². The van der Waals surface area contributed by atoms with Crippen molar-refractivity contribution in [2.24, 2.45) is 34.8 Å². The maximum atomic E-state index is 14.7. The Labute approximate surface area is 243 Å². The Kier molecular flexibility index (Phi) is 8.18. The Morgan fingerprint density at radius 3 is 2.29 bits per heavy atom. The fourth-order valence-electron chi connectivity index (χ4n) is 7.80. The highest BCUT2D eigenvalue weighted by Crippen LogP contribution is 2.54. The number of nitrogens with two attached hydrogens (primary N) is 1. The number of halogens is 3. The van der Waals surface area contributed by atoms with Crippen LogP contribution in [0.3, 0.4) is 0 Å². The predicted octanol–water partition coefficient (Wildman–Crippen LogP) is 2.84. The van der Waals surface area contributed by atoms with Gasteiger partial charge in [-0.25, -0.2) is 0 Å². The van der Waals surface area contributed by atoms with E-state index in [4.69, 9.17) is 10.5 Å². The third-order valence-corrected chi connectivity index (χ3v) is 9.07. The molecule has 0 bridgehead atoms. The zero-order valence-electron chi connectivity index (χ0n) is 25.1. The van der Waals surface area contributed by atoms with Crippen molar-refractivity contribution >= 4 is 23.3 Å². The molecule has 6 atom stereocenters. The number of primary amides is 1. The number of aromatic hydroxyl groups is 1. The van der Waals surface area contributed by atoms with E-state index in [0.29, 0.717) is 6.54 Å². The van der Waals surface area contributed by atoms with Crippen molar-refractivity contribution in [1.82, 2.24) is 9.80 Å². The van der Waals surface area contributed by atoms with Gasteiger partial charge in [0.15, 0.2) is 17.3 Å². The van der Waals surface area contributed by atoms with Crippen LogP contribution in [0.1, 0.15) is 60.7 Å². The molecule has 3 N–H and O–H groups in total. The van der Waals surface area contributed by atoms with Crippen LogP contribution in [-0.4, -0.2) is 84.6 Å². The summed E-state index contributed by atoms with van der Waals surface area (Å²) >= 11 is 0. The second-order valence-corrected chi connectivity index (χ2v) is 13.6. The summed E-state index contributed by atoms with van der Waals surface area (Å²) in [6, 6.07) is -0.00316. The summed E-state index contributed by atoms with van der Waals surface area (Å²) in [4.78, 5) is 57.0. The van der Waals surface area contributed by atoms with Crippen molar-refractivity contribution < 1.29 is 42.2 Å². The van der Waals surface area contributed by atoms with Crippen LogP contribution in [0, 0.1) is 29.1 Å². The molecule has 2 fully saturated rings. The average molecular weight is 596 g/mol. The zero-order valence-corrected chi connectivity index (χ0v) is 25.1. The van der Waals surface area contributed by atoms with E-state index in [0.717, 1.165) is 6.07 Å². The molecule has 0 heterocycles. The van der Waals surface area contributed by atoms with Gasteiger partial charge in [0.1, 0.15) is 17.3 Å². The lowest BCUT2D eigenvalue weighted by Crippen LogP contribution is -2.70. The summed E-state index contributed by atoms with van der Waals surface area (Å²) in [7, 11) is 6.15. The van der Waals surface area contributed by atoms with Gasteiger partial charge < -0.3 is 20.5 Å². The van der Waals surface area contributed by atoms with E-state index in [2.05, 4.69) is 0 Å². The second-order valence-electron chi connectivity index (χ2n) is 13.6. The van der Waals surface area contributed by atoms with Gasteiger partial charge in [-0.1, -0.05) is 20.8 Å². The minimum atomic E-state index is -4.83. The quantitative estimate of drug-likeness (QED) is 0.481. The van der Waals surface area contributed by atoms with Gasteiger partial charge in [0.2, 0.25) is 5.91 Å². The fourth-order valence-corrected chi connectivity index (χ4v) is 7.80. The molecule has 0 aliphatic heterocycles. The topological polar surface area (TPSA) is 130 Å². The maximum Gasteiger partial charge on any atom is 0.417 e. The van der Waals surface area contributed by atoms with Gasteiger partial charge in [0.05, 0.1) is 23.1 Å². The predicted molar refractivity (Wildman–Crippen MR) is 147 cm³/mol. The number of phenols is 1. The normalized spacial score (nSPS) is 29.9. The third kappa shape index (κ3) is 5.26. The van der Waals surface area contributed by atoms with E-state index in [1.807, 2.05) is 20.8 Å². The number of ether oxygens (including phenoxy) is 1. The first-order valence-corrected chi connectivity index (χ1v) is 14.0. The number of fused-ring (bicyclic) bond motifs is 3. The molecule has 0 saturated heterocycles.